The maximum absolute atomic E-state index is 13.8. The number of hydrogen-bond donors (Lipinski definition) is 2. The molecule has 9 nitrogen and oxygen atoms in total. The van der Waals surface area contributed by atoms with Crippen LogP contribution in [0.3, 0.4) is 0 Å². The first-order valence-corrected chi connectivity index (χ1v) is 10.4. The number of pyridine rings is 1. The van der Waals surface area contributed by atoms with Crippen molar-refractivity contribution in [2.24, 2.45) is 0 Å². The summed E-state index contributed by atoms with van der Waals surface area (Å²) in [6, 6.07) is 1.13. The minimum atomic E-state index is -2.75. The number of nitrogen functional groups attached to an aromatic ring is 1. The molecule has 2 aromatic heterocycles. The van der Waals surface area contributed by atoms with Gasteiger partial charge in [0.05, 0.1) is 31.9 Å². The van der Waals surface area contributed by atoms with Crippen molar-refractivity contribution in [3.8, 4) is 11.4 Å². The molecule has 0 spiro atoms. The summed E-state index contributed by atoms with van der Waals surface area (Å²) in [6.45, 7) is 8.25. The zero-order chi connectivity index (χ0) is 22.1. The van der Waals surface area contributed by atoms with Crippen LogP contribution >= 0.6 is 0 Å². The van der Waals surface area contributed by atoms with E-state index in [4.69, 9.17) is 20.2 Å². The van der Waals surface area contributed by atoms with Crippen LogP contribution in [0.4, 0.5) is 20.5 Å². The zero-order valence-corrected chi connectivity index (χ0v) is 17.8. The van der Waals surface area contributed by atoms with E-state index in [0.717, 1.165) is 12.6 Å². The lowest BCUT2D eigenvalue weighted by molar-refractivity contribution is -0.00571. The molecule has 0 saturated carbocycles. The predicted molar refractivity (Wildman–Crippen MR) is 111 cm³/mol. The number of rotatable bonds is 4. The van der Waals surface area contributed by atoms with Gasteiger partial charge in [-0.25, -0.2) is 18.7 Å². The molecule has 0 radical (unpaired) electrons. The Bertz CT molecular complexity index is 922. The average Bonchev–Trinajstić information content (AvgIpc) is 2.73. The zero-order valence-electron chi connectivity index (χ0n) is 17.8. The molecule has 2 fully saturated rings. The van der Waals surface area contributed by atoms with Crippen molar-refractivity contribution in [3.63, 3.8) is 0 Å². The lowest BCUT2D eigenvalue weighted by Crippen LogP contribution is -2.51. The third kappa shape index (κ3) is 4.43. The van der Waals surface area contributed by atoms with E-state index in [1.807, 2.05) is 25.7 Å². The Labute approximate surface area is 179 Å². The molecule has 0 amide bonds. The summed E-state index contributed by atoms with van der Waals surface area (Å²) in [5.74, 6) is 0.928. The summed E-state index contributed by atoms with van der Waals surface area (Å²) >= 11 is 0. The molecular formula is C20H27F2N7O2. The van der Waals surface area contributed by atoms with Crippen LogP contribution < -0.4 is 16.0 Å². The van der Waals surface area contributed by atoms with Gasteiger partial charge in [0.1, 0.15) is 11.9 Å². The Kier molecular flexibility index (Phi) is 6.26. The van der Waals surface area contributed by atoms with Gasteiger partial charge in [0.2, 0.25) is 5.95 Å². The molecule has 2 saturated heterocycles. The van der Waals surface area contributed by atoms with Crippen molar-refractivity contribution in [2.75, 3.05) is 37.0 Å². The molecule has 1 unspecified atom stereocenters. The highest BCUT2D eigenvalue weighted by Crippen LogP contribution is 2.33. The fraction of sp³-hybridized carbons (Fsp3) is 0.600. The van der Waals surface area contributed by atoms with E-state index in [9.17, 15) is 8.78 Å². The van der Waals surface area contributed by atoms with Gasteiger partial charge >= 0.3 is 0 Å². The predicted octanol–water partition coefficient (Wildman–Crippen LogP) is 2.12. The normalized spacial score (nSPS) is 27.0. The summed E-state index contributed by atoms with van der Waals surface area (Å²) in [7, 11) is 0. The van der Waals surface area contributed by atoms with Crippen molar-refractivity contribution >= 4 is 11.8 Å². The number of halogens is 2. The summed E-state index contributed by atoms with van der Waals surface area (Å²) in [6.07, 6.45) is -1.90. The van der Waals surface area contributed by atoms with Crippen LogP contribution in [0.1, 0.15) is 44.7 Å². The molecule has 168 valence electrons. The molecule has 0 bridgehead atoms. The number of nitrogens with one attached hydrogen (secondary N) is 1. The van der Waals surface area contributed by atoms with Crippen LogP contribution in [0.15, 0.2) is 12.3 Å². The number of aromatic nitrogens is 4. The SMILES string of the molecule is C[C@@H]1COC[C@H](C)N1c1nc(-c2cnc(N)cc2C(F)F)nc(C2OCCN[C@@H]2C)n1. The highest BCUT2D eigenvalue weighted by Gasteiger charge is 2.32. The maximum Gasteiger partial charge on any atom is 0.264 e. The van der Waals surface area contributed by atoms with Crippen LogP contribution in [0.25, 0.3) is 11.4 Å². The van der Waals surface area contributed by atoms with E-state index >= 15 is 0 Å². The average molecular weight is 435 g/mol. The van der Waals surface area contributed by atoms with E-state index in [0.29, 0.717) is 31.6 Å². The molecule has 31 heavy (non-hydrogen) atoms. The van der Waals surface area contributed by atoms with Crippen molar-refractivity contribution < 1.29 is 18.3 Å². The Hall–Kier alpha value is -2.50. The first-order valence-electron chi connectivity index (χ1n) is 10.4. The van der Waals surface area contributed by atoms with E-state index in [1.54, 1.807) is 0 Å². The van der Waals surface area contributed by atoms with Crippen LogP contribution in [-0.2, 0) is 9.47 Å². The molecular weight excluding hydrogens is 408 g/mol. The van der Waals surface area contributed by atoms with Crippen LogP contribution in [0, 0.1) is 0 Å². The lowest BCUT2D eigenvalue weighted by Gasteiger charge is -2.39. The Morgan fingerprint density at radius 3 is 2.58 bits per heavy atom. The molecule has 2 aliphatic heterocycles. The molecule has 4 atom stereocenters. The first kappa shape index (κ1) is 21.7. The molecule has 11 heteroatoms. The van der Waals surface area contributed by atoms with Gasteiger partial charge in [0.25, 0.3) is 6.43 Å². The van der Waals surface area contributed by atoms with Crippen LogP contribution in [0.2, 0.25) is 0 Å². The number of ether oxygens (including phenoxy) is 2. The third-order valence-electron chi connectivity index (χ3n) is 5.55. The van der Waals surface area contributed by atoms with Gasteiger partial charge in [-0.15, -0.1) is 0 Å². The third-order valence-corrected chi connectivity index (χ3v) is 5.55. The minimum Gasteiger partial charge on any atom is -0.384 e. The monoisotopic (exact) mass is 435 g/mol. The fourth-order valence-electron chi connectivity index (χ4n) is 4.02. The lowest BCUT2D eigenvalue weighted by atomic mass is 10.1. The number of morpholine rings is 2. The van der Waals surface area contributed by atoms with Crippen molar-refractivity contribution in [3.05, 3.63) is 23.7 Å². The van der Waals surface area contributed by atoms with E-state index in [1.165, 1.54) is 6.20 Å². The van der Waals surface area contributed by atoms with Gasteiger partial charge in [-0.2, -0.15) is 9.97 Å². The molecule has 0 aromatic carbocycles. The van der Waals surface area contributed by atoms with Gasteiger partial charge in [-0.05, 0) is 26.8 Å². The highest BCUT2D eigenvalue weighted by atomic mass is 19.3. The van der Waals surface area contributed by atoms with E-state index < -0.39 is 12.5 Å². The maximum atomic E-state index is 13.8. The summed E-state index contributed by atoms with van der Waals surface area (Å²) < 4.78 is 39.1. The Morgan fingerprint density at radius 2 is 1.90 bits per heavy atom. The van der Waals surface area contributed by atoms with Gasteiger partial charge in [-0.3, -0.25) is 0 Å². The second-order valence-corrected chi connectivity index (χ2v) is 7.99. The van der Waals surface area contributed by atoms with Gasteiger partial charge in [0, 0.05) is 29.9 Å². The topological polar surface area (TPSA) is 111 Å². The summed E-state index contributed by atoms with van der Waals surface area (Å²) in [5, 5.41) is 3.34. The molecule has 0 aliphatic carbocycles. The Balaban J connectivity index is 1.86. The first-order chi connectivity index (χ1) is 14.8. The van der Waals surface area contributed by atoms with Crippen molar-refractivity contribution in [1.82, 2.24) is 25.3 Å². The summed E-state index contributed by atoms with van der Waals surface area (Å²) in [4.78, 5) is 19.8. The number of alkyl halides is 2. The van der Waals surface area contributed by atoms with Crippen LogP contribution in [0.5, 0.6) is 0 Å². The molecule has 2 aliphatic rings. The van der Waals surface area contributed by atoms with Crippen molar-refractivity contribution in [1.29, 1.82) is 0 Å². The number of anilines is 2. The Morgan fingerprint density at radius 1 is 1.16 bits per heavy atom. The second-order valence-electron chi connectivity index (χ2n) is 7.99. The van der Waals surface area contributed by atoms with Gasteiger partial charge in [-0.1, -0.05) is 0 Å². The number of hydrogen-bond acceptors (Lipinski definition) is 9. The van der Waals surface area contributed by atoms with Gasteiger partial charge < -0.3 is 25.4 Å². The number of nitrogens with zero attached hydrogens (tertiary/aromatic N) is 5. The minimum absolute atomic E-state index is 0.00813. The molecule has 4 rings (SSSR count). The van der Waals surface area contributed by atoms with Gasteiger partial charge in [0.15, 0.2) is 11.6 Å². The largest absolute Gasteiger partial charge is 0.384 e. The van der Waals surface area contributed by atoms with E-state index in [-0.39, 0.29) is 40.9 Å². The smallest absolute Gasteiger partial charge is 0.264 e. The standard InChI is InChI=1S/C20H27F2N7O2/c1-10-8-30-9-11(2)29(10)20-27-18(14-7-25-15(23)6-13(14)17(21)22)26-19(28-20)16-12(3)24-4-5-31-16/h6-7,10-12,16-17,24H,4-5,8-9H2,1-3H3,(H2,23,25)/t10-,11+,12-,16?/m1/s1. The summed E-state index contributed by atoms with van der Waals surface area (Å²) in [5.41, 5.74) is 5.50. The van der Waals surface area contributed by atoms with Crippen LogP contribution in [-0.4, -0.2) is 64.4 Å². The fourth-order valence-corrected chi connectivity index (χ4v) is 4.02. The number of nitrogens with two attached hydrogens (primary N) is 1. The molecule has 2 aromatic rings. The highest BCUT2D eigenvalue weighted by molar-refractivity contribution is 5.63. The quantitative estimate of drug-likeness (QED) is 0.746. The second kappa shape index (κ2) is 8.93. The molecule has 4 heterocycles. The van der Waals surface area contributed by atoms with Crippen molar-refractivity contribution in [2.45, 2.75) is 51.4 Å². The molecule has 3 N–H and O–H groups in total. The van der Waals surface area contributed by atoms with E-state index in [2.05, 4.69) is 20.3 Å².